The number of rotatable bonds is 5. The molecule has 25 heavy (non-hydrogen) atoms. The lowest BCUT2D eigenvalue weighted by atomic mass is 10.1. The Balaban J connectivity index is 1.56. The minimum atomic E-state index is -0.422. The first-order valence-electron chi connectivity index (χ1n) is 8.65. The summed E-state index contributed by atoms with van der Waals surface area (Å²) in [6.45, 7) is 3.41. The number of benzene rings is 1. The highest BCUT2D eigenvalue weighted by atomic mass is 19.1. The van der Waals surface area contributed by atoms with Gasteiger partial charge in [-0.25, -0.2) is 9.18 Å². The van der Waals surface area contributed by atoms with E-state index in [4.69, 9.17) is 4.74 Å². The first kappa shape index (κ1) is 17.5. The molecule has 1 N–H and O–H groups in total. The van der Waals surface area contributed by atoms with Gasteiger partial charge in [-0.3, -0.25) is 4.79 Å². The molecule has 2 fully saturated rings. The summed E-state index contributed by atoms with van der Waals surface area (Å²) in [5.41, 5.74) is 0.657. The van der Waals surface area contributed by atoms with E-state index in [9.17, 15) is 14.0 Å². The van der Waals surface area contributed by atoms with Crippen LogP contribution in [0.5, 0.6) is 5.75 Å². The number of hydrogen-bond donors (Lipinski definition) is 1. The summed E-state index contributed by atoms with van der Waals surface area (Å²) in [6, 6.07) is 4.07. The molecule has 0 bridgehead atoms. The van der Waals surface area contributed by atoms with Crippen LogP contribution in [0.4, 0.5) is 9.18 Å². The quantitative estimate of drug-likeness (QED) is 0.886. The second-order valence-corrected chi connectivity index (χ2v) is 6.85. The first-order valence-corrected chi connectivity index (χ1v) is 8.65. The number of nitrogens with one attached hydrogen (secondary N) is 1. The zero-order valence-corrected chi connectivity index (χ0v) is 14.6. The predicted molar refractivity (Wildman–Crippen MR) is 90.8 cm³/mol. The Bertz CT molecular complexity index is 663. The lowest BCUT2D eigenvalue weighted by Crippen LogP contribution is -2.53. The highest BCUT2D eigenvalue weighted by Crippen LogP contribution is 2.30. The monoisotopic (exact) mass is 349 g/mol. The molecule has 1 aromatic carbocycles. The maximum atomic E-state index is 14.2. The average molecular weight is 349 g/mol. The van der Waals surface area contributed by atoms with Gasteiger partial charge in [0.05, 0.1) is 12.6 Å². The largest absolute Gasteiger partial charge is 0.490 e. The van der Waals surface area contributed by atoms with Crippen molar-refractivity contribution in [3.63, 3.8) is 0 Å². The number of halogens is 1. The molecule has 1 aliphatic heterocycles. The standard InChI is InChI=1S/C18H24FN3O3/c1-12(20-18(24)22-8-7-21(2)17(23)10-22)14-5-6-16(15(19)9-14)25-11-13-3-4-13/h5-6,9,12-13H,3-4,7-8,10-11H2,1-2H3,(H,20,24)/t12-/m0/s1. The predicted octanol–water partition coefficient (Wildman–Crippen LogP) is 2.16. The molecule has 2 aliphatic rings. The zero-order chi connectivity index (χ0) is 18.0. The molecule has 1 saturated carbocycles. The molecule has 0 unspecified atom stereocenters. The van der Waals surface area contributed by atoms with E-state index in [0.29, 0.717) is 31.2 Å². The Morgan fingerprint density at radius 2 is 2.16 bits per heavy atom. The van der Waals surface area contributed by atoms with Crippen molar-refractivity contribution in [1.82, 2.24) is 15.1 Å². The molecule has 1 heterocycles. The molecule has 1 aliphatic carbocycles. The van der Waals surface area contributed by atoms with E-state index in [0.717, 1.165) is 12.8 Å². The highest BCUT2D eigenvalue weighted by molar-refractivity contribution is 5.85. The van der Waals surface area contributed by atoms with Crippen molar-refractivity contribution in [2.24, 2.45) is 5.92 Å². The topological polar surface area (TPSA) is 61.9 Å². The Hall–Kier alpha value is -2.31. The van der Waals surface area contributed by atoms with Gasteiger partial charge in [-0.05, 0) is 43.4 Å². The number of likely N-dealkylation sites (N-methyl/N-ethyl adjacent to an activating group) is 1. The van der Waals surface area contributed by atoms with Crippen LogP contribution in [0.15, 0.2) is 18.2 Å². The van der Waals surface area contributed by atoms with Crippen LogP contribution in [0.3, 0.4) is 0 Å². The van der Waals surface area contributed by atoms with Crippen molar-refractivity contribution >= 4 is 11.9 Å². The van der Waals surface area contributed by atoms with Crippen LogP contribution in [0.25, 0.3) is 0 Å². The van der Waals surface area contributed by atoms with E-state index in [1.54, 1.807) is 31.0 Å². The summed E-state index contributed by atoms with van der Waals surface area (Å²) < 4.78 is 19.7. The molecule has 3 rings (SSSR count). The molecule has 1 aromatic rings. The van der Waals surface area contributed by atoms with Crippen LogP contribution in [0, 0.1) is 11.7 Å². The van der Waals surface area contributed by atoms with E-state index in [1.165, 1.54) is 11.0 Å². The minimum Gasteiger partial charge on any atom is -0.490 e. The van der Waals surface area contributed by atoms with Gasteiger partial charge in [-0.2, -0.15) is 0 Å². The molecule has 0 aromatic heterocycles. The number of carbonyl (C=O) groups is 2. The second kappa shape index (κ2) is 7.29. The lowest BCUT2D eigenvalue weighted by Gasteiger charge is -2.32. The Morgan fingerprint density at radius 3 is 2.80 bits per heavy atom. The molecule has 0 radical (unpaired) electrons. The third-order valence-corrected chi connectivity index (χ3v) is 4.71. The fourth-order valence-corrected chi connectivity index (χ4v) is 2.69. The van der Waals surface area contributed by atoms with Gasteiger partial charge in [0.25, 0.3) is 0 Å². The fraction of sp³-hybridized carbons (Fsp3) is 0.556. The van der Waals surface area contributed by atoms with Crippen LogP contribution >= 0.6 is 0 Å². The summed E-state index contributed by atoms with van der Waals surface area (Å²) in [5.74, 6) is 0.300. The van der Waals surface area contributed by atoms with Gasteiger partial charge < -0.3 is 19.9 Å². The van der Waals surface area contributed by atoms with Crippen LogP contribution in [0.2, 0.25) is 0 Å². The third kappa shape index (κ3) is 4.41. The van der Waals surface area contributed by atoms with Crippen molar-refractivity contribution in [3.05, 3.63) is 29.6 Å². The lowest BCUT2D eigenvalue weighted by molar-refractivity contribution is -0.133. The second-order valence-electron chi connectivity index (χ2n) is 6.85. The van der Waals surface area contributed by atoms with Gasteiger partial charge in [-0.1, -0.05) is 6.07 Å². The van der Waals surface area contributed by atoms with Gasteiger partial charge in [-0.15, -0.1) is 0 Å². The van der Waals surface area contributed by atoms with Gasteiger partial charge in [0, 0.05) is 20.1 Å². The summed E-state index contributed by atoms with van der Waals surface area (Å²) in [4.78, 5) is 27.1. The number of urea groups is 1. The van der Waals surface area contributed by atoms with Gasteiger partial charge in [0.2, 0.25) is 5.91 Å². The summed E-state index contributed by atoms with van der Waals surface area (Å²) in [5, 5.41) is 2.82. The molecule has 7 heteroatoms. The number of ether oxygens (including phenoxy) is 1. The smallest absolute Gasteiger partial charge is 0.318 e. The summed E-state index contributed by atoms with van der Waals surface area (Å²) >= 11 is 0. The van der Waals surface area contributed by atoms with E-state index < -0.39 is 5.82 Å². The molecule has 3 amide bonds. The van der Waals surface area contributed by atoms with Gasteiger partial charge >= 0.3 is 6.03 Å². The SMILES string of the molecule is C[C@H](NC(=O)N1CCN(C)C(=O)C1)c1ccc(OCC2CC2)c(F)c1. The van der Waals surface area contributed by atoms with E-state index in [2.05, 4.69) is 5.32 Å². The number of carbonyl (C=O) groups excluding carboxylic acids is 2. The highest BCUT2D eigenvalue weighted by Gasteiger charge is 2.26. The first-order chi connectivity index (χ1) is 11.9. The number of amides is 3. The number of nitrogens with zero attached hydrogens (tertiary/aromatic N) is 2. The Labute approximate surface area is 146 Å². The molecule has 6 nitrogen and oxygen atoms in total. The number of piperazine rings is 1. The average Bonchev–Trinajstić information content (AvgIpc) is 3.40. The maximum absolute atomic E-state index is 14.2. The van der Waals surface area contributed by atoms with Crippen LogP contribution < -0.4 is 10.1 Å². The Kier molecular flexibility index (Phi) is 5.11. The molecule has 0 spiro atoms. The zero-order valence-electron chi connectivity index (χ0n) is 14.6. The summed E-state index contributed by atoms with van der Waals surface area (Å²) in [7, 11) is 1.72. The molecule has 136 valence electrons. The van der Waals surface area contributed by atoms with Crippen LogP contribution in [0.1, 0.15) is 31.4 Å². The van der Waals surface area contributed by atoms with Crippen molar-refractivity contribution in [2.75, 3.05) is 33.3 Å². The third-order valence-electron chi connectivity index (χ3n) is 4.71. The van der Waals surface area contributed by atoms with Crippen molar-refractivity contribution in [1.29, 1.82) is 0 Å². The van der Waals surface area contributed by atoms with Crippen molar-refractivity contribution < 1.29 is 18.7 Å². The van der Waals surface area contributed by atoms with E-state index in [1.807, 2.05) is 0 Å². The molecule has 1 atom stereocenters. The number of hydrogen-bond acceptors (Lipinski definition) is 3. The molecular formula is C18H24FN3O3. The normalized spacial score (nSPS) is 18.9. The maximum Gasteiger partial charge on any atom is 0.318 e. The Morgan fingerprint density at radius 1 is 1.40 bits per heavy atom. The minimum absolute atomic E-state index is 0.0668. The van der Waals surface area contributed by atoms with E-state index >= 15 is 0 Å². The molecular weight excluding hydrogens is 325 g/mol. The van der Waals surface area contributed by atoms with Gasteiger partial charge in [0.1, 0.15) is 6.54 Å². The van der Waals surface area contributed by atoms with Gasteiger partial charge in [0.15, 0.2) is 11.6 Å². The van der Waals surface area contributed by atoms with Crippen molar-refractivity contribution in [2.45, 2.75) is 25.8 Å². The summed E-state index contributed by atoms with van der Waals surface area (Å²) in [6.07, 6.45) is 2.30. The van der Waals surface area contributed by atoms with E-state index in [-0.39, 0.29) is 30.3 Å². The molecule has 1 saturated heterocycles. The fourth-order valence-electron chi connectivity index (χ4n) is 2.69. The van der Waals surface area contributed by atoms with Crippen LogP contribution in [-0.4, -0.2) is 55.0 Å². The van der Waals surface area contributed by atoms with Crippen LogP contribution in [-0.2, 0) is 4.79 Å². The van der Waals surface area contributed by atoms with Crippen molar-refractivity contribution in [3.8, 4) is 5.75 Å².